The van der Waals surface area contributed by atoms with Gasteiger partial charge in [0.15, 0.2) is 5.78 Å². The van der Waals surface area contributed by atoms with Crippen molar-refractivity contribution in [2.45, 2.75) is 142 Å². The van der Waals surface area contributed by atoms with Crippen LogP contribution in [0.3, 0.4) is 0 Å². The third kappa shape index (κ3) is 23.6. The Labute approximate surface area is 514 Å². The zero-order valence-corrected chi connectivity index (χ0v) is 54.1. The largest absolute Gasteiger partial charge is 0.457 e. The van der Waals surface area contributed by atoms with Crippen molar-refractivity contribution >= 4 is 68.4 Å². The average molecular weight is 1190 g/mol. The number of likely N-dealkylation sites (tertiary alicyclic amines) is 1. The summed E-state index contributed by atoms with van der Waals surface area (Å²) in [6, 6.07) is 49.8. The van der Waals surface area contributed by atoms with E-state index < -0.39 is 10.8 Å². The highest BCUT2D eigenvalue weighted by molar-refractivity contribution is 7.18. The van der Waals surface area contributed by atoms with E-state index in [1.54, 1.807) is 23.5 Å². The molecular formula is C72H91FN6O6S. The fraction of sp³-hybridized carbons (Fsp3) is 0.389. The average Bonchev–Trinajstić information content (AvgIpc) is 2.75. The Kier molecular flexibility index (Phi) is 24.9. The zero-order chi connectivity index (χ0) is 63.5. The van der Waals surface area contributed by atoms with Crippen LogP contribution in [0.2, 0.25) is 0 Å². The second-order valence-corrected chi connectivity index (χ2v) is 27.9. The molecule has 2 heterocycles. The number of rotatable bonds is 10. The summed E-state index contributed by atoms with van der Waals surface area (Å²) in [6.07, 6.45) is 4.93. The van der Waals surface area contributed by atoms with Gasteiger partial charge in [-0.15, -0.1) is 11.3 Å². The summed E-state index contributed by atoms with van der Waals surface area (Å²) in [5.41, 5.74) is 5.41. The van der Waals surface area contributed by atoms with Gasteiger partial charge in [0.2, 0.25) is 23.6 Å². The number of aromatic nitrogens is 1. The summed E-state index contributed by atoms with van der Waals surface area (Å²) in [7, 11) is 0. The first-order chi connectivity index (χ1) is 40.2. The molecule has 86 heavy (non-hydrogen) atoms. The molecule has 6 aromatic carbocycles. The van der Waals surface area contributed by atoms with E-state index in [0.29, 0.717) is 18.3 Å². The molecule has 12 nitrogen and oxygen atoms in total. The van der Waals surface area contributed by atoms with E-state index in [4.69, 9.17) is 4.74 Å². The van der Waals surface area contributed by atoms with Crippen molar-refractivity contribution in [1.29, 1.82) is 0 Å². The van der Waals surface area contributed by atoms with Crippen molar-refractivity contribution in [3.63, 3.8) is 0 Å². The van der Waals surface area contributed by atoms with Crippen LogP contribution in [0.25, 0.3) is 16.3 Å². The van der Waals surface area contributed by atoms with E-state index in [0.717, 1.165) is 76.9 Å². The number of anilines is 2. The summed E-state index contributed by atoms with van der Waals surface area (Å²) in [5.74, 6) is 1.62. The maximum absolute atomic E-state index is 12.5. The van der Waals surface area contributed by atoms with Gasteiger partial charge in [0.25, 0.3) is 0 Å². The van der Waals surface area contributed by atoms with Gasteiger partial charge in [-0.2, -0.15) is 0 Å². The molecule has 0 radical (unpaired) electrons. The minimum absolute atomic E-state index is 0.00534. The number of Topliss-reactive ketones (excluding diaryl/α,β-unsaturated/α-hetero) is 1. The van der Waals surface area contributed by atoms with Gasteiger partial charge in [-0.05, 0) is 108 Å². The second-order valence-electron chi connectivity index (χ2n) is 26.7. The molecular weight excluding hydrogens is 1100 g/mol. The van der Waals surface area contributed by atoms with E-state index in [1.165, 1.54) is 28.8 Å². The van der Waals surface area contributed by atoms with Gasteiger partial charge in [0, 0.05) is 76.1 Å². The third-order valence-electron chi connectivity index (χ3n) is 13.6. The minimum Gasteiger partial charge on any atom is -0.457 e. The summed E-state index contributed by atoms with van der Waals surface area (Å²) < 4.78 is 19.4. The Morgan fingerprint density at radius 3 is 1.53 bits per heavy atom. The van der Waals surface area contributed by atoms with Gasteiger partial charge in [0.1, 0.15) is 22.3 Å². The lowest BCUT2D eigenvalue weighted by Crippen LogP contribution is -2.47. The lowest BCUT2D eigenvalue weighted by Gasteiger charge is -2.33. The van der Waals surface area contributed by atoms with Crippen molar-refractivity contribution in [2.75, 3.05) is 23.7 Å². The Morgan fingerprint density at radius 1 is 0.547 bits per heavy atom. The molecule has 1 fully saturated rings. The molecule has 458 valence electrons. The molecule has 2 aliphatic rings. The molecule has 4 amide bonds. The number of allylic oxidation sites excluding steroid dienone is 1. The number of halogens is 1. The Bertz CT molecular complexity index is 3300. The lowest BCUT2D eigenvalue weighted by atomic mass is 9.86. The van der Waals surface area contributed by atoms with Crippen LogP contribution in [0.1, 0.15) is 138 Å². The van der Waals surface area contributed by atoms with Gasteiger partial charge in [-0.1, -0.05) is 189 Å². The molecule has 0 spiro atoms. The number of ketones is 1. The number of nitrogens with one attached hydrogen (secondary N) is 4. The number of ether oxygens (including phenoxy) is 1. The lowest BCUT2D eigenvalue weighted by molar-refractivity contribution is -0.130. The van der Waals surface area contributed by atoms with E-state index >= 15 is 0 Å². The molecule has 7 aromatic rings. The maximum atomic E-state index is 12.5. The Hall–Kier alpha value is -7.81. The molecule has 1 saturated heterocycles. The molecule has 0 bridgehead atoms. The first-order valence-corrected chi connectivity index (χ1v) is 30.3. The molecule has 0 saturated carbocycles. The Balaban J connectivity index is 0.000000198. The smallest absolute Gasteiger partial charge is 0.229 e. The monoisotopic (exact) mass is 1190 g/mol. The van der Waals surface area contributed by atoms with Gasteiger partial charge >= 0.3 is 0 Å². The summed E-state index contributed by atoms with van der Waals surface area (Å²) in [6.45, 7) is 32.3. The summed E-state index contributed by atoms with van der Waals surface area (Å²) in [5, 5.41) is 12.6. The third-order valence-corrected chi connectivity index (χ3v) is 14.6. The molecule has 1 aromatic heterocycles. The highest BCUT2D eigenvalue weighted by atomic mass is 32.1. The number of amides is 4. The number of fused-ring (bicyclic) bond motifs is 2. The molecule has 1 aliphatic carbocycles. The molecule has 1 aliphatic heterocycles. The maximum Gasteiger partial charge on any atom is 0.229 e. The van der Waals surface area contributed by atoms with Crippen molar-refractivity contribution in [3.8, 4) is 11.5 Å². The van der Waals surface area contributed by atoms with Gasteiger partial charge in [0.05, 0.1) is 16.8 Å². The van der Waals surface area contributed by atoms with Crippen LogP contribution in [0.5, 0.6) is 11.5 Å². The van der Waals surface area contributed by atoms with E-state index in [1.807, 2.05) is 201 Å². The van der Waals surface area contributed by atoms with Crippen LogP contribution < -0.4 is 26.0 Å². The number of hydrogen-bond acceptors (Lipinski definition) is 9. The first kappa shape index (κ1) is 69.0. The van der Waals surface area contributed by atoms with Crippen LogP contribution >= 0.6 is 11.3 Å². The van der Waals surface area contributed by atoms with Gasteiger partial charge in [-0.3, -0.25) is 28.9 Å². The standard InChI is InChI=1S/C17H26N2O.C17H19NO2.C14H16O.C13H16N2OS.C11H14FNO/c1-17(2,3)16(20)18-15-9-11-19(12-10-15)13-14-7-5-4-6-8-14;1-17(2,3)16(19)18-13-9-11-15(12-10-13)20-14-7-5-4-6-8-14;1-14(2,3)13(15)12-8-10-6-4-5-7-11(10)9-12;1-13(2,3)12(16)14-8-11-15-9-6-4-5-7-10(9)17-11;1-11(2,3)10(14)13-9-6-4-8(12)5-7-9/h4-8,15H,9-13H2,1-3H3,(H,18,20);4-12H,1-3H3,(H,18,19);4-8H,9H2,1-3H3;4-7H,8H2,1-3H3,(H,14,16);4-7H,1-3H3,(H,13,14). The van der Waals surface area contributed by atoms with Crippen LogP contribution in [0, 0.1) is 32.9 Å². The number of thiazole rings is 1. The van der Waals surface area contributed by atoms with Crippen molar-refractivity contribution in [3.05, 3.63) is 191 Å². The van der Waals surface area contributed by atoms with Crippen LogP contribution in [0.15, 0.2) is 163 Å². The topological polar surface area (TPSA) is 159 Å². The molecule has 14 heteroatoms. The van der Waals surface area contributed by atoms with Crippen LogP contribution in [0.4, 0.5) is 15.8 Å². The summed E-state index contributed by atoms with van der Waals surface area (Å²) >= 11 is 1.62. The Morgan fingerprint density at radius 2 is 1.02 bits per heavy atom. The quantitative estimate of drug-likeness (QED) is 0.105. The number of benzene rings is 6. The van der Waals surface area contributed by atoms with Gasteiger partial charge < -0.3 is 26.0 Å². The number of nitrogens with zero attached hydrogens (tertiary/aromatic N) is 2. The normalized spacial score (nSPS) is 13.4. The second kappa shape index (κ2) is 31.0. The van der Waals surface area contributed by atoms with Crippen LogP contribution in [-0.2, 0) is 43.5 Å². The van der Waals surface area contributed by atoms with Crippen molar-refractivity contribution in [2.24, 2.45) is 27.1 Å². The number of hydrogen-bond donors (Lipinski definition) is 4. The van der Waals surface area contributed by atoms with Crippen LogP contribution in [-0.4, -0.2) is 58.4 Å². The number of piperidine rings is 1. The number of para-hydroxylation sites is 2. The van der Waals surface area contributed by atoms with Gasteiger partial charge in [-0.25, -0.2) is 9.37 Å². The van der Waals surface area contributed by atoms with E-state index in [2.05, 4.69) is 73.6 Å². The zero-order valence-electron chi connectivity index (χ0n) is 53.2. The molecule has 0 unspecified atom stereocenters. The highest BCUT2D eigenvalue weighted by Crippen LogP contribution is 2.31. The fourth-order valence-electron chi connectivity index (χ4n) is 8.20. The predicted octanol–water partition coefficient (Wildman–Crippen LogP) is 16.3. The van der Waals surface area contributed by atoms with Crippen molar-refractivity contribution in [1.82, 2.24) is 20.5 Å². The van der Waals surface area contributed by atoms with E-state index in [9.17, 15) is 28.4 Å². The SMILES string of the molecule is CC(C)(C)C(=O)C1=Cc2ccccc2C1.CC(C)(C)C(=O)NC1CCN(Cc2ccccc2)CC1.CC(C)(C)C(=O)NCc1nc2ccccc2s1.CC(C)(C)C(=O)Nc1ccc(F)cc1.CC(C)(C)C(=O)Nc1ccc(Oc2ccccc2)cc1. The number of carbonyl (C=O) groups excluding carboxylic acids is 5. The molecule has 9 rings (SSSR count). The molecule has 0 atom stereocenters. The summed E-state index contributed by atoms with van der Waals surface area (Å²) in [4.78, 5) is 66.1. The first-order valence-electron chi connectivity index (χ1n) is 29.5. The fourth-order valence-corrected chi connectivity index (χ4v) is 9.11. The van der Waals surface area contributed by atoms with E-state index in [-0.39, 0.29) is 51.5 Å². The van der Waals surface area contributed by atoms with Crippen molar-refractivity contribution < 1.29 is 33.1 Å². The molecule has 4 N–H and O–H groups in total. The number of carbonyl (C=O) groups is 5. The minimum atomic E-state index is -0.436. The highest BCUT2D eigenvalue weighted by Gasteiger charge is 2.29. The predicted molar refractivity (Wildman–Crippen MR) is 351 cm³/mol.